The molecule has 0 spiro atoms. The number of nitrogens with zero attached hydrogens (tertiary/aromatic N) is 3. The quantitative estimate of drug-likeness (QED) is 0.792. The van der Waals surface area contributed by atoms with Crippen LogP contribution in [0.3, 0.4) is 0 Å². The van der Waals surface area contributed by atoms with Crippen LogP contribution < -0.4 is 0 Å². The van der Waals surface area contributed by atoms with E-state index in [1.807, 2.05) is 4.68 Å². The van der Waals surface area contributed by atoms with Crippen LogP contribution in [-0.4, -0.2) is 20.3 Å². The molecule has 0 saturated heterocycles. The molecule has 1 aromatic rings. The van der Waals surface area contributed by atoms with Crippen molar-refractivity contribution in [2.24, 2.45) is 11.3 Å². The standard InChI is InChI=1S/C11H18BrN3/c1-7(2)15-6-9(13-14-15)10-8(5-12)11(10,3)4/h6-8,10H,5H2,1-4H3. The van der Waals surface area contributed by atoms with Gasteiger partial charge in [0, 0.05) is 23.5 Å². The summed E-state index contributed by atoms with van der Waals surface area (Å²) >= 11 is 3.57. The van der Waals surface area contributed by atoms with Crippen molar-refractivity contribution in [2.45, 2.75) is 39.7 Å². The summed E-state index contributed by atoms with van der Waals surface area (Å²) in [4.78, 5) is 0. The lowest BCUT2D eigenvalue weighted by molar-refractivity contribution is 0.514. The maximum Gasteiger partial charge on any atom is 0.0866 e. The van der Waals surface area contributed by atoms with Gasteiger partial charge in [-0.25, -0.2) is 4.68 Å². The van der Waals surface area contributed by atoms with Crippen molar-refractivity contribution in [1.82, 2.24) is 15.0 Å². The molecule has 4 heteroatoms. The van der Waals surface area contributed by atoms with Gasteiger partial charge in [0.2, 0.25) is 0 Å². The Morgan fingerprint density at radius 3 is 2.60 bits per heavy atom. The lowest BCUT2D eigenvalue weighted by Gasteiger charge is -2.01. The Balaban J connectivity index is 2.18. The average molecular weight is 272 g/mol. The Labute approximate surface area is 99.4 Å². The number of aromatic nitrogens is 3. The first-order chi connectivity index (χ1) is 6.98. The van der Waals surface area contributed by atoms with Crippen LogP contribution in [0.25, 0.3) is 0 Å². The van der Waals surface area contributed by atoms with Crippen molar-refractivity contribution in [2.75, 3.05) is 5.33 Å². The van der Waals surface area contributed by atoms with Gasteiger partial charge in [0.05, 0.1) is 5.69 Å². The number of hydrogen-bond donors (Lipinski definition) is 0. The zero-order valence-corrected chi connectivity index (χ0v) is 11.3. The Bertz CT molecular complexity index is 356. The highest BCUT2D eigenvalue weighted by Crippen LogP contribution is 2.64. The predicted molar refractivity (Wildman–Crippen MR) is 64.2 cm³/mol. The molecule has 1 aliphatic rings. The molecule has 15 heavy (non-hydrogen) atoms. The van der Waals surface area contributed by atoms with Crippen LogP contribution in [-0.2, 0) is 0 Å². The van der Waals surface area contributed by atoms with Crippen molar-refractivity contribution < 1.29 is 0 Å². The first kappa shape index (κ1) is 11.1. The molecule has 2 atom stereocenters. The zero-order valence-electron chi connectivity index (χ0n) is 9.74. The van der Waals surface area contributed by atoms with Gasteiger partial charge in [0.25, 0.3) is 0 Å². The van der Waals surface area contributed by atoms with E-state index in [-0.39, 0.29) is 0 Å². The molecule has 1 aliphatic carbocycles. The average Bonchev–Trinajstić information content (AvgIpc) is 2.58. The summed E-state index contributed by atoms with van der Waals surface area (Å²) in [6, 6.07) is 0.399. The van der Waals surface area contributed by atoms with E-state index < -0.39 is 0 Å². The number of halogens is 1. The maximum absolute atomic E-state index is 4.29. The van der Waals surface area contributed by atoms with Crippen LogP contribution in [0.4, 0.5) is 0 Å². The molecule has 1 aromatic heterocycles. The van der Waals surface area contributed by atoms with E-state index in [4.69, 9.17) is 0 Å². The molecule has 1 heterocycles. The van der Waals surface area contributed by atoms with E-state index in [9.17, 15) is 0 Å². The summed E-state index contributed by atoms with van der Waals surface area (Å²) < 4.78 is 1.94. The van der Waals surface area contributed by atoms with E-state index >= 15 is 0 Å². The smallest absolute Gasteiger partial charge is 0.0866 e. The largest absolute Gasteiger partial charge is 0.250 e. The second-order valence-electron chi connectivity index (χ2n) is 5.28. The molecule has 0 radical (unpaired) electrons. The summed E-state index contributed by atoms with van der Waals surface area (Å²) in [6.45, 7) is 8.85. The van der Waals surface area contributed by atoms with Gasteiger partial charge in [-0.3, -0.25) is 0 Å². The fourth-order valence-corrected chi connectivity index (χ4v) is 3.51. The van der Waals surface area contributed by atoms with E-state index in [1.54, 1.807) is 0 Å². The summed E-state index contributed by atoms with van der Waals surface area (Å²) in [5.41, 5.74) is 1.53. The molecular weight excluding hydrogens is 254 g/mol. The highest BCUT2D eigenvalue weighted by atomic mass is 79.9. The first-order valence-corrected chi connectivity index (χ1v) is 6.58. The molecule has 0 aromatic carbocycles. The third-order valence-electron chi connectivity index (χ3n) is 3.59. The number of rotatable bonds is 3. The van der Waals surface area contributed by atoms with Gasteiger partial charge in [-0.15, -0.1) is 5.10 Å². The third kappa shape index (κ3) is 1.73. The van der Waals surface area contributed by atoms with Gasteiger partial charge in [-0.05, 0) is 25.2 Å². The molecule has 3 nitrogen and oxygen atoms in total. The molecule has 2 unspecified atom stereocenters. The topological polar surface area (TPSA) is 30.7 Å². The zero-order chi connectivity index (χ0) is 11.2. The number of alkyl halides is 1. The number of hydrogen-bond acceptors (Lipinski definition) is 2. The molecule has 2 rings (SSSR count). The van der Waals surface area contributed by atoms with Crippen molar-refractivity contribution in [3.63, 3.8) is 0 Å². The van der Waals surface area contributed by atoms with Gasteiger partial charge in [-0.1, -0.05) is 35.0 Å². The van der Waals surface area contributed by atoms with Crippen LogP contribution in [0.1, 0.15) is 45.3 Å². The maximum atomic E-state index is 4.29. The fraction of sp³-hybridized carbons (Fsp3) is 0.818. The van der Waals surface area contributed by atoms with Gasteiger partial charge in [0.15, 0.2) is 0 Å². The van der Waals surface area contributed by atoms with Crippen molar-refractivity contribution in [3.05, 3.63) is 11.9 Å². The molecule has 0 N–H and O–H groups in total. The lowest BCUT2D eigenvalue weighted by Crippen LogP contribution is -2.00. The molecule has 0 amide bonds. The van der Waals surface area contributed by atoms with E-state index in [1.165, 1.54) is 0 Å². The highest BCUT2D eigenvalue weighted by molar-refractivity contribution is 9.09. The summed E-state index contributed by atoms with van der Waals surface area (Å²) in [5.74, 6) is 1.28. The normalized spacial score (nSPS) is 28.4. The van der Waals surface area contributed by atoms with Crippen molar-refractivity contribution >= 4 is 15.9 Å². The van der Waals surface area contributed by atoms with E-state index in [0.717, 1.165) is 11.0 Å². The Kier molecular flexibility index (Phi) is 2.65. The predicted octanol–water partition coefficient (Wildman–Crippen LogP) is 2.99. The van der Waals surface area contributed by atoms with E-state index in [2.05, 4.69) is 60.1 Å². The van der Waals surface area contributed by atoms with Gasteiger partial charge < -0.3 is 0 Å². The van der Waals surface area contributed by atoms with Gasteiger partial charge >= 0.3 is 0 Å². The van der Waals surface area contributed by atoms with Crippen LogP contribution in [0.2, 0.25) is 0 Å². The molecule has 84 valence electrons. The first-order valence-electron chi connectivity index (χ1n) is 5.46. The van der Waals surface area contributed by atoms with Crippen molar-refractivity contribution in [1.29, 1.82) is 0 Å². The minimum absolute atomic E-state index is 0.376. The highest BCUT2D eigenvalue weighted by Gasteiger charge is 2.58. The Hall–Kier alpha value is -0.380. The van der Waals surface area contributed by atoms with Crippen molar-refractivity contribution in [3.8, 4) is 0 Å². The SMILES string of the molecule is CC(C)n1cc(C2C(CBr)C2(C)C)nn1. The lowest BCUT2D eigenvalue weighted by atomic mass is 10.1. The Morgan fingerprint density at radius 2 is 2.20 bits per heavy atom. The minimum Gasteiger partial charge on any atom is -0.250 e. The second kappa shape index (κ2) is 3.58. The monoisotopic (exact) mass is 271 g/mol. The fourth-order valence-electron chi connectivity index (χ4n) is 2.30. The van der Waals surface area contributed by atoms with Crippen LogP contribution in [0.15, 0.2) is 6.20 Å². The minimum atomic E-state index is 0.376. The van der Waals surface area contributed by atoms with Gasteiger partial charge in [0.1, 0.15) is 0 Å². The van der Waals surface area contributed by atoms with Crippen LogP contribution in [0, 0.1) is 11.3 Å². The summed E-state index contributed by atoms with van der Waals surface area (Å²) in [6.07, 6.45) is 2.10. The summed E-state index contributed by atoms with van der Waals surface area (Å²) in [7, 11) is 0. The molecule has 1 fully saturated rings. The van der Waals surface area contributed by atoms with Crippen LogP contribution in [0.5, 0.6) is 0 Å². The van der Waals surface area contributed by atoms with Crippen LogP contribution >= 0.6 is 15.9 Å². The Morgan fingerprint density at radius 1 is 1.53 bits per heavy atom. The molecule has 0 aliphatic heterocycles. The summed E-state index contributed by atoms with van der Waals surface area (Å²) in [5, 5.41) is 9.50. The second-order valence-corrected chi connectivity index (χ2v) is 5.92. The van der Waals surface area contributed by atoms with Gasteiger partial charge in [-0.2, -0.15) is 0 Å². The molecular formula is C11H18BrN3. The third-order valence-corrected chi connectivity index (χ3v) is 4.29. The molecule has 0 bridgehead atoms. The molecule has 1 saturated carbocycles. The van der Waals surface area contributed by atoms with E-state index in [0.29, 0.717) is 23.3 Å².